The van der Waals surface area contributed by atoms with Crippen molar-refractivity contribution in [3.05, 3.63) is 47.2 Å². The van der Waals surface area contributed by atoms with Crippen molar-refractivity contribution in [1.82, 2.24) is 15.5 Å². The number of amidine groups is 2. The second-order valence-corrected chi connectivity index (χ2v) is 12.7. The molecule has 45 heavy (non-hydrogen) atoms. The molecule has 0 radical (unpaired) electrons. The molecule has 0 aromatic heterocycles. The van der Waals surface area contributed by atoms with E-state index in [1.165, 1.54) is 45.3 Å². The Morgan fingerprint density at radius 3 is 2.40 bits per heavy atom. The molecule has 1 aromatic carbocycles. The number of benzene rings is 1. The number of aryl methyl sites for hydroxylation is 1. The van der Waals surface area contributed by atoms with E-state index in [9.17, 15) is 18.0 Å². The number of quaternary nitrogens is 1. The first kappa shape index (κ1) is 35.4. The first-order chi connectivity index (χ1) is 21.1. The minimum atomic E-state index is -4.91. The number of oxime groups is 1. The first-order valence-electron chi connectivity index (χ1n) is 14.6. The SMILES string of the molecule is CCCO/N=C(\C(=O)NN1C(=O)N(OS(=O)(=O)O)C1(C)C)C1=CCC(N)=N1.Cc1ccc(C(N)=NCC[N+]2(C)CCCC2)cc1. The number of nitrogens with two attached hydrogens (primary N) is 2. The van der Waals surface area contributed by atoms with Crippen molar-refractivity contribution < 1.29 is 36.2 Å². The van der Waals surface area contributed by atoms with E-state index in [0.29, 0.717) is 23.7 Å². The second-order valence-electron chi connectivity index (χ2n) is 11.7. The number of urea groups is 1. The van der Waals surface area contributed by atoms with Crippen molar-refractivity contribution in [3.8, 4) is 0 Å². The van der Waals surface area contributed by atoms with Crippen LogP contribution in [0.1, 0.15) is 57.6 Å². The number of likely N-dealkylation sites (N-methyl/N-ethyl adjacent to an activating group) is 1. The Hall–Kier alpha value is -4.06. The van der Waals surface area contributed by atoms with Crippen molar-refractivity contribution in [1.29, 1.82) is 0 Å². The van der Waals surface area contributed by atoms with Gasteiger partial charge in [-0.15, -0.1) is 4.28 Å². The van der Waals surface area contributed by atoms with Crippen LogP contribution in [0.5, 0.6) is 0 Å². The van der Waals surface area contributed by atoms with Crippen molar-refractivity contribution >= 4 is 39.7 Å². The van der Waals surface area contributed by atoms with Crippen LogP contribution in [0.3, 0.4) is 0 Å². The van der Waals surface area contributed by atoms with Gasteiger partial charge in [0.1, 0.15) is 18.3 Å². The summed E-state index contributed by atoms with van der Waals surface area (Å²) in [7, 11) is -2.59. The quantitative estimate of drug-likeness (QED) is 0.0644. The normalized spacial score (nSPS) is 19.3. The molecule has 0 bridgehead atoms. The largest absolute Gasteiger partial charge is 0.418 e. The number of carbonyl (C=O) groups is 2. The zero-order valence-electron chi connectivity index (χ0n) is 26.4. The highest BCUT2D eigenvalue weighted by Crippen LogP contribution is 2.32. The molecule has 3 aliphatic heterocycles. The third-order valence-corrected chi connectivity index (χ3v) is 7.72. The van der Waals surface area contributed by atoms with Gasteiger partial charge < -0.3 is 20.8 Å². The molecule has 3 heterocycles. The molecule has 6 N–H and O–H groups in total. The smallest absolute Gasteiger partial charge is 0.395 e. The van der Waals surface area contributed by atoms with Crippen molar-refractivity contribution in [2.45, 2.75) is 59.0 Å². The van der Waals surface area contributed by atoms with Gasteiger partial charge in [0, 0.05) is 24.8 Å². The fraction of sp³-hybridized carbons (Fsp3) is 0.536. The average Bonchev–Trinajstić information content (AvgIpc) is 3.60. The van der Waals surface area contributed by atoms with Gasteiger partial charge in [0.05, 0.1) is 38.9 Å². The molecular formula is C28H44N9O7S+. The molecule has 0 aliphatic carbocycles. The Balaban J connectivity index is 0.000000265. The number of nitrogens with one attached hydrogen (secondary N) is 1. The zero-order valence-corrected chi connectivity index (χ0v) is 27.2. The summed E-state index contributed by atoms with van der Waals surface area (Å²) in [6.07, 6.45) is 5.27. The lowest BCUT2D eigenvalue weighted by Gasteiger charge is -2.52. The van der Waals surface area contributed by atoms with Gasteiger partial charge in [-0.25, -0.2) is 14.8 Å². The van der Waals surface area contributed by atoms with Crippen LogP contribution in [0.25, 0.3) is 0 Å². The van der Waals surface area contributed by atoms with Crippen molar-refractivity contribution in [2.75, 3.05) is 39.8 Å². The molecule has 0 saturated carbocycles. The van der Waals surface area contributed by atoms with E-state index in [1.54, 1.807) is 6.08 Å². The molecular weight excluding hydrogens is 606 g/mol. The summed E-state index contributed by atoms with van der Waals surface area (Å²) in [4.78, 5) is 38.2. The van der Waals surface area contributed by atoms with E-state index >= 15 is 0 Å². The lowest BCUT2D eigenvalue weighted by atomic mass is 10.1. The number of amides is 3. The van der Waals surface area contributed by atoms with Gasteiger partial charge in [0.2, 0.25) is 0 Å². The van der Waals surface area contributed by atoms with Crippen LogP contribution in [-0.4, -0.2) is 102 Å². The predicted octanol–water partition coefficient (Wildman–Crippen LogP) is 1.59. The highest BCUT2D eigenvalue weighted by Gasteiger charge is 2.56. The van der Waals surface area contributed by atoms with Crippen LogP contribution in [0.4, 0.5) is 4.79 Å². The van der Waals surface area contributed by atoms with Gasteiger partial charge in [0.15, 0.2) is 11.4 Å². The molecule has 0 spiro atoms. The van der Waals surface area contributed by atoms with Gasteiger partial charge >= 0.3 is 16.4 Å². The van der Waals surface area contributed by atoms with E-state index in [-0.39, 0.29) is 23.9 Å². The molecule has 0 unspecified atom stereocenters. The van der Waals surface area contributed by atoms with E-state index < -0.39 is 28.0 Å². The van der Waals surface area contributed by atoms with E-state index in [4.69, 9.17) is 20.9 Å². The number of nitrogens with zero attached hydrogens (tertiary/aromatic N) is 6. The lowest BCUT2D eigenvalue weighted by molar-refractivity contribution is -0.896. The summed E-state index contributed by atoms with van der Waals surface area (Å²) in [5.74, 6) is 0.124. The van der Waals surface area contributed by atoms with Crippen LogP contribution in [0.2, 0.25) is 0 Å². The molecule has 2 saturated heterocycles. The van der Waals surface area contributed by atoms with Crippen molar-refractivity contribution in [3.63, 3.8) is 0 Å². The van der Waals surface area contributed by atoms with Crippen LogP contribution >= 0.6 is 0 Å². The third-order valence-electron chi connectivity index (χ3n) is 7.38. The van der Waals surface area contributed by atoms with Gasteiger partial charge in [-0.05, 0) is 33.3 Å². The number of hydrogen-bond donors (Lipinski definition) is 4. The summed E-state index contributed by atoms with van der Waals surface area (Å²) in [6.45, 7) is 11.4. The fourth-order valence-electron chi connectivity index (χ4n) is 4.71. The molecule has 16 nitrogen and oxygen atoms in total. The maximum absolute atomic E-state index is 12.6. The Kier molecular flexibility index (Phi) is 11.7. The van der Waals surface area contributed by atoms with E-state index in [2.05, 4.69) is 51.0 Å². The summed E-state index contributed by atoms with van der Waals surface area (Å²) in [6, 6.07) is 7.21. The molecule has 1 aromatic rings. The highest BCUT2D eigenvalue weighted by molar-refractivity contribution is 7.80. The summed E-state index contributed by atoms with van der Waals surface area (Å²) in [5, 5.41) is 4.94. The molecule has 3 amide bonds. The molecule has 17 heteroatoms. The second kappa shape index (κ2) is 14.8. The molecule has 0 atom stereocenters. The lowest BCUT2D eigenvalue weighted by Crippen LogP contribution is -2.78. The minimum absolute atomic E-state index is 0.179. The number of carbonyl (C=O) groups excluding carboxylic acids is 2. The van der Waals surface area contributed by atoms with Crippen LogP contribution in [-0.2, 0) is 24.3 Å². The van der Waals surface area contributed by atoms with Gasteiger partial charge in [-0.2, -0.15) is 13.5 Å². The predicted molar refractivity (Wildman–Crippen MR) is 169 cm³/mol. The molecule has 2 fully saturated rings. The maximum atomic E-state index is 12.6. The zero-order chi connectivity index (χ0) is 33.4. The van der Waals surface area contributed by atoms with Gasteiger partial charge in [0.25, 0.3) is 5.91 Å². The fourth-order valence-corrected chi connectivity index (χ4v) is 5.15. The molecule has 248 valence electrons. The Labute approximate surface area is 263 Å². The molecule has 4 rings (SSSR count). The monoisotopic (exact) mass is 650 g/mol. The van der Waals surface area contributed by atoms with Crippen LogP contribution in [0.15, 0.2) is 51.2 Å². The number of rotatable bonds is 12. The first-order valence-corrected chi connectivity index (χ1v) is 16.0. The number of aliphatic imine (C=N–C) groups is 2. The van der Waals surface area contributed by atoms with Crippen LogP contribution < -0.4 is 16.9 Å². The number of likely N-dealkylation sites (tertiary alicyclic amines) is 1. The standard InChI is InChI=1S/C15H24N3.C13H20N6O7S/c1-13-5-7-14(8-6-13)15(16)17-9-12-18(2)10-3-4-11-18;1-4-7-25-17-10(8-5-6-9(14)15-8)11(20)16-18-12(21)19(13(18,2)3)26-27(22,23)24/h5-8H,3-4,9-12H2,1-2H3,(H2,16,17);5H,4,6-7H2,1-3H3,(H2,14,15)(H,16,20)(H,22,23,24)/q+1;/b;17-10-. The number of hydrazine groups is 1. The Morgan fingerprint density at radius 1 is 1.22 bits per heavy atom. The van der Waals surface area contributed by atoms with E-state index in [0.717, 1.165) is 28.1 Å². The topological polar surface area (TPSA) is 215 Å². The number of hydroxylamine groups is 2. The molecule has 3 aliphatic rings. The maximum Gasteiger partial charge on any atom is 0.418 e. The minimum Gasteiger partial charge on any atom is -0.395 e. The third kappa shape index (κ3) is 9.71. The van der Waals surface area contributed by atoms with Gasteiger partial charge in [-0.1, -0.05) is 41.9 Å². The number of hydrogen-bond acceptors (Lipinski definition) is 10. The Bertz CT molecular complexity index is 1470. The van der Waals surface area contributed by atoms with Gasteiger partial charge in [-0.3, -0.25) is 19.8 Å². The Morgan fingerprint density at radius 2 is 1.87 bits per heavy atom. The van der Waals surface area contributed by atoms with Crippen molar-refractivity contribution in [2.24, 2.45) is 26.6 Å². The summed E-state index contributed by atoms with van der Waals surface area (Å²) >= 11 is 0. The van der Waals surface area contributed by atoms with E-state index in [1.807, 2.05) is 19.1 Å². The highest BCUT2D eigenvalue weighted by atomic mass is 32.3. The van der Waals surface area contributed by atoms with Crippen LogP contribution in [0, 0.1) is 6.92 Å². The average molecular weight is 651 g/mol. The summed E-state index contributed by atoms with van der Waals surface area (Å²) < 4.78 is 35.7. The summed E-state index contributed by atoms with van der Waals surface area (Å²) in [5.41, 5.74) is 14.7.